The van der Waals surface area contributed by atoms with Crippen LogP contribution in [0, 0.1) is 17.0 Å². The van der Waals surface area contributed by atoms with Gasteiger partial charge in [0, 0.05) is 42.5 Å². The lowest BCUT2D eigenvalue weighted by atomic mass is 9.73. The smallest absolute Gasteiger partial charge is 0.239 e. The van der Waals surface area contributed by atoms with E-state index < -0.39 is 17.7 Å². The minimum atomic E-state index is -0.895. The molecule has 5 rings (SSSR count). The quantitative estimate of drug-likeness (QED) is 0.619. The van der Waals surface area contributed by atoms with Crippen LogP contribution in [0.1, 0.15) is 51.1 Å². The van der Waals surface area contributed by atoms with Gasteiger partial charge in [0.1, 0.15) is 11.6 Å². The second kappa shape index (κ2) is 9.65. The third-order valence-electron chi connectivity index (χ3n) is 7.13. The number of hydrogen-bond donors (Lipinski definition) is 2. The number of hydrogen-bond acceptors (Lipinski definition) is 5. The topological polar surface area (TPSA) is 70.7 Å². The Hall–Kier alpha value is -3.26. The highest BCUT2D eigenvalue weighted by Crippen LogP contribution is 2.48. The van der Waals surface area contributed by atoms with E-state index in [-0.39, 0.29) is 35.3 Å². The number of Topliss-reactive ketones (excluding diaryl/α,β-unsaturated/α-hetero) is 1. The molecule has 1 aliphatic carbocycles. The number of nitrogens with one attached hydrogen (secondary N) is 2. The predicted molar refractivity (Wildman–Crippen MR) is 134 cm³/mol. The number of allylic oxidation sites excluding steroid dienone is 1. The van der Waals surface area contributed by atoms with Crippen LogP contribution in [-0.4, -0.2) is 37.5 Å². The summed E-state index contributed by atoms with van der Waals surface area (Å²) in [6.45, 7) is 5.02. The third kappa shape index (κ3) is 4.87. The number of fused-ring (bicyclic) bond motifs is 1. The molecule has 1 fully saturated rings. The molecule has 6 nitrogen and oxygen atoms in total. The largest absolute Gasteiger partial charge is 0.376 e. The number of ketones is 1. The average molecular weight is 496 g/mol. The number of nitrogens with zero attached hydrogens (tertiary/aromatic N) is 1. The van der Waals surface area contributed by atoms with Crippen LogP contribution >= 0.6 is 0 Å². The van der Waals surface area contributed by atoms with Crippen molar-refractivity contribution < 1.29 is 23.1 Å². The normalized spacial score (nSPS) is 23.0. The molecule has 0 saturated carbocycles. The second-order valence-electron chi connectivity index (χ2n) is 10.6. The molecule has 8 heteroatoms. The highest BCUT2D eigenvalue weighted by molar-refractivity contribution is 6.01. The van der Waals surface area contributed by atoms with Crippen LogP contribution in [0.25, 0.3) is 0 Å². The van der Waals surface area contributed by atoms with Gasteiger partial charge in [-0.2, -0.15) is 0 Å². The molecule has 1 saturated heterocycles. The number of carbonyl (C=O) groups excluding carboxylic acids is 2. The van der Waals surface area contributed by atoms with Gasteiger partial charge in [0.05, 0.1) is 30.1 Å². The molecule has 2 atom stereocenters. The van der Waals surface area contributed by atoms with E-state index in [9.17, 15) is 14.0 Å². The summed E-state index contributed by atoms with van der Waals surface area (Å²) < 4.78 is 34.8. The SMILES string of the molecule is CC1(C)CC(=O)C2=C(C1)Nc1ccccc1N(CC(=O)NCC1CCCO1)C2c1ccc(F)cc1F. The van der Waals surface area contributed by atoms with Crippen LogP contribution in [0.4, 0.5) is 20.2 Å². The van der Waals surface area contributed by atoms with Gasteiger partial charge in [0.25, 0.3) is 0 Å². The number of para-hydroxylation sites is 2. The van der Waals surface area contributed by atoms with Gasteiger partial charge in [-0.25, -0.2) is 8.78 Å². The maximum Gasteiger partial charge on any atom is 0.239 e. The molecule has 2 aromatic carbocycles. The maximum atomic E-state index is 15.3. The fourth-order valence-electron chi connectivity index (χ4n) is 5.52. The van der Waals surface area contributed by atoms with Gasteiger partial charge < -0.3 is 20.3 Å². The Balaban J connectivity index is 1.60. The van der Waals surface area contributed by atoms with Crippen molar-refractivity contribution in [2.75, 3.05) is 29.9 Å². The molecule has 36 heavy (non-hydrogen) atoms. The zero-order chi connectivity index (χ0) is 25.4. The predicted octanol–water partition coefficient (Wildman–Crippen LogP) is 4.88. The van der Waals surface area contributed by atoms with Crippen molar-refractivity contribution in [2.45, 2.75) is 51.7 Å². The summed E-state index contributed by atoms with van der Waals surface area (Å²) in [5.41, 5.74) is 2.40. The molecule has 190 valence electrons. The first-order valence-corrected chi connectivity index (χ1v) is 12.4. The molecule has 0 bridgehead atoms. The van der Waals surface area contributed by atoms with Gasteiger partial charge in [0.15, 0.2) is 5.78 Å². The summed E-state index contributed by atoms with van der Waals surface area (Å²) in [7, 11) is 0. The minimum absolute atomic E-state index is 0.0196. The standard InChI is InChI=1S/C28H31F2N3O3/c1-28(2)13-22-26(24(34)14-28)27(19-10-9-17(29)12-20(19)30)33(23-8-4-3-7-21(23)32-22)16-25(35)31-15-18-6-5-11-36-18/h3-4,7-10,12,18,27,32H,5-6,11,13-16H2,1-2H3,(H,31,35). The van der Waals surface area contributed by atoms with Crippen molar-refractivity contribution >= 4 is 23.1 Å². The van der Waals surface area contributed by atoms with Crippen LogP contribution in [0.5, 0.6) is 0 Å². The molecule has 2 aromatic rings. The molecule has 0 radical (unpaired) electrons. The number of benzene rings is 2. The zero-order valence-corrected chi connectivity index (χ0v) is 20.6. The second-order valence-corrected chi connectivity index (χ2v) is 10.6. The van der Waals surface area contributed by atoms with Crippen LogP contribution in [-0.2, 0) is 14.3 Å². The van der Waals surface area contributed by atoms with E-state index in [0.29, 0.717) is 43.0 Å². The molecule has 3 aliphatic rings. The molecule has 2 unspecified atom stereocenters. The lowest BCUT2D eigenvalue weighted by Gasteiger charge is -2.38. The van der Waals surface area contributed by atoms with Gasteiger partial charge in [-0.3, -0.25) is 9.59 Å². The summed E-state index contributed by atoms with van der Waals surface area (Å²) in [6, 6.07) is 9.93. The first-order valence-electron chi connectivity index (χ1n) is 12.4. The molecule has 0 aromatic heterocycles. The molecule has 1 amide bonds. The molecule has 2 N–H and O–H groups in total. The maximum absolute atomic E-state index is 15.3. The molecular weight excluding hydrogens is 464 g/mol. The first-order chi connectivity index (χ1) is 17.2. The highest BCUT2D eigenvalue weighted by Gasteiger charge is 2.42. The van der Waals surface area contributed by atoms with Crippen molar-refractivity contribution in [3.8, 4) is 0 Å². The number of amides is 1. The van der Waals surface area contributed by atoms with E-state index in [1.807, 2.05) is 38.1 Å². The van der Waals surface area contributed by atoms with Gasteiger partial charge >= 0.3 is 0 Å². The Kier molecular flexibility index (Phi) is 6.55. The lowest BCUT2D eigenvalue weighted by Crippen LogP contribution is -2.43. The van der Waals surface area contributed by atoms with Gasteiger partial charge in [-0.1, -0.05) is 32.0 Å². The lowest BCUT2D eigenvalue weighted by molar-refractivity contribution is -0.121. The summed E-state index contributed by atoms with van der Waals surface area (Å²) in [5, 5.41) is 6.36. The van der Waals surface area contributed by atoms with E-state index in [0.717, 1.165) is 24.6 Å². The fraction of sp³-hybridized carbons (Fsp3) is 0.429. The molecule has 2 heterocycles. The van der Waals surface area contributed by atoms with Crippen LogP contribution < -0.4 is 15.5 Å². The summed E-state index contributed by atoms with van der Waals surface area (Å²) in [5.74, 6) is -1.83. The van der Waals surface area contributed by atoms with E-state index in [1.165, 1.54) is 12.1 Å². The number of ether oxygens (including phenoxy) is 1. The van der Waals surface area contributed by atoms with Gasteiger partial charge in [0.2, 0.25) is 5.91 Å². The Morgan fingerprint density at radius 2 is 2.00 bits per heavy atom. The Bertz CT molecular complexity index is 1220. The summed E-state index contributed by atoms with van der Waals surface area (Å²) in [6.07, 6.45) is 2.71. The third-order valence-corrected chi connectivity index (χ3v) is 7.13. The summed E-state index contributed by atoms with van der Waals surface area (Å²) >= 11 is 0. The zero-order valence-electron chi connectivity index (χ0n) is 20.6. The fourth-order valence-corrected chi connectivity index (χ4v) is 5.52. The van der Waals surface area contributed by atoms with E-state index in [4.69, 9.17) is 4.74 Å². The van der Waals surface area contributed by atoms with E-state index in [2.05, 4.69) is 10.6 Å². The molecule has 0 spiro atoms. The Morgan fingerprint density at radius 1 is 1.19 bits per heavy atom. The molecule has 2 aliphatic heterocycles. The van der Waals surface area contributed by atoms with Crippen LogP contribution in [0.15, 0.2) is 53.7 Å². The summed E-state index contributed by atoms with van der Waals surface area (Å²) in [4.78, 5) is 28.5. The van der Waals surface area contributed by atoms with E-state index >= 15 is 4.39 Å². The Labute approximate surface area is 209 Å². The van der Waals surface area contributed by atoms with Crippen molar-refractivity contribution in [3.05, 3.63) is 70.9 Å². The Morgan fingerprint density at radius 3 is 2.75 bits per heavy atom. The number of carbonyl (C=O) groups is 2. The van der Waals surface area contributed by atoms with Gasteiger partial charge in [-0.15, -0.1) is 0 Å². The number of halogens is 2. The average Bonchev–Trinajstić information content (AvgIpc) is 3.29. The number of anilines is 2. The van der Waals surface area contributed by atoms with Gasteiger partial charge in [-0.05, 0) is 42.9 Å². The van der Waals surface area contributed by atoms with Crippen LogP contribution in [0.2, 0.25) is 0 Å². The van der Waals surface area contributed by atoms with Crippen molar-refractivity contribution in [1.29, 1.82) is 0 Å². The first kappa shape index (κ1) is 24.4. The van der Waals surface area contributed by atoms with Crippen molar-refractivity contribution in [3.63, 3.8) is 0 Å². The van der Waals surface area contributed by atoms with Crippen molar-refractivity contribution in [1.82, 2.24) is 5.32 Å². The monoisotopic (exact) mass is 495 g/mol. The van der Waals surface area contributed by atoms with E-state index in [1.54, 1.807) is 4.90 Å². The molecular formula is C28H31F2N3O3. The van der Waals surface area contributed by atoms with Crippen LogP contribution in [0.3, 0.4) is 0 Å². The highest BCUT2D eigenvalue weighted by atomic mass is 19.1. The van der Waals surface area contributed by atoms with Crippen molar-refractivity contribution in [2.24, 2.45) is 5.41 Å². The minimum Gasteiger partial charge on any atom is -0.376 e. The number of rotatable bonds is 5.